The number of hydrogen-bond donors (Lipinski definition) is 1. The summed E-state index contributed by atoms with van der Waals surface area (Å²) < 4.78 is 1.02. The molecule has 2 atom stereocenters. The number of carbonyl (C=O) groups is 2. The first-order valence-corrected chi connectivity index (χ1v) is 9.58. The molecule has 0 unspecified atom stereocenters. The van der Waals surface area contributed by atoms with Gasteiger partial charge in [-0.2, -0.15) is 0 Å². The first-order chi connectivity index (χ1) is 12.4. The third-order valence-corrected chi connectivity index (χ3v) is 5.90. The average Bonchev–Trinajstić information content (AvgIpc) is 3.01. The van der Waals surface area contributed by atoms with Crippen LogP contribution < -0.4 is 5.32 Å². The molecule has 2 aromatic carbocycles. The number of hydrogen-bond acceptors (Lipinski definition) is 2. The fraction of sp³-hybridized carbons (Fsp3) is 0.333. The van der Waals surface area contributed by atoms with Gasteiger partial charge in [-0.15, -0.1) is 0 Å². The van der Waals surface area contributed by atoms with Crippen molar-refractivity contribution in [2.75, 3.05) is 11.9 Å². The van der Waals surface area contributed by atoms with Crippen LogP contribution in [0.15, 0.2) is 46.9 Å². The van der Waals surface area contributed by atoms with Gasteiger partial charge in [-0.1, -0.05) is 46.3 Å². The van der Waals surface area contributed by atoms with E-state index in [4.69, 9.17) is 0 Å². The lowest BCUT2D eigenvalue weighted by Gasteiger charge is -2.25. The van der Waals surface area contributed by atoms with Crippen molar-refractivity contribution in [1.29, 1.82) is 0 Å². The van der Waals surface area contributed by atoms with Crippen LogP contribution in [0.2, 0.25) is 0 Å². The maximum atomic E-state index is 12.7. The number of anilines is 1. The Labute approximate surface area is 162 Å². The fourth-order valence-corrected chi connectivity index (χ4v) is 3.80. The summed E-state index contributed by atoms with van der Waals surface area (Å²) in [4.78, 5) is 27.0. The van der Waals surface area contributed by atoms with Gasteiger partial charge >= 0.3 is 0 Å². The van der Waals surface area contributed by atoms with Gasteiger partial charge in [-0.3, -0.25) is 9.59 Å². The van der Waals surface area contributed by atoms with Gasteiger partial charge in [-0.05, 0) is 49.6 Å². The zero-order valence-corrected chi connectivity index (χ0v) is 16.8. The van der Waals surface area contributed by atoms with Crippen LogP contribution in [0.3, 0.4) is 0 Å². The number of halogens is 1. The highest BCUT2D eigenvalue weighted by atomic mass is 79.9. The van der Waals surface area contributed by atoms with Gasteiger partial charge in [0.1, 0.15) is 0 Å². The van der Waals surface area contributed by atoms with Crippen LogP contribution in [0.5, 0.6) is 0 Å². The molecule has 136 valence electrons. The summed E-state index contributed by atoms with van der Waals surface area (Å²) in [6.07, 6.45) is 0.261. The second-order valence-corrected chi connectivity index (χ2v) is 7.79. The Morgan fingerprint density at radius 1 is 1.19 bits per heavy atom. The summed E-state index contributed by atoms with van der Waals surface area (Å²) in [5.41, 5.74) is 3.95. The van der Waals surface area contributed by atoms with Crippen molar-refractivity contribution in [2.45, 2.75) is 33.2 Å². The number of amides is 2. The number of rotatable bonds is 4. The molecule has 2 aromatic rings. The predicted molar refractivity (Wildman–Crippen MR) is 107 cm³/mol. The van der Waals surface area contributed by atoms with E-state index in [1.54, 1.807) is 4.90 Å². The quantitative estimate of drug-likeness (QED) is 0.793. The van der Waals surface area contributed by atoms with Crippen LogP contribution in [0.4, 0.5) is 5.69 Å². The highest BCUT2D eigenvalue weighted by molar-refractivity contribution is 9.10. The Hall–Kier alpha value is -2.14. The van der Waals surface area contributed by atoms with E-state index >= 15 is 0 Å². The lowest BCUT2D eigenvalue weighted by molar-refractivity contribution is -0.129. The molecule has 0 bridgehead atoms. The molecule has 0 spiro atoms. The largest absolute Gasteiger partial charge is 0.335 e. The van der Waals surface area contributed by atoms with Crippen molar-refractivity contribution in [3.8, 4) is 0 Å². The first-order valence-electron chi connectivity index (χ1n) is 8.79. The number of aryl methyl sites for hydroxylation is 2. The Balaban J connectivity index is 1.70. The number of carbonyl (C=O) groups excluding carboxylic acids is 2. The monoisotopic (exact) mass is 414 g/mol. The minimum Gasteiger partial charge on any atom is -0.335 e. The molecule has 0 aromatic heterocycles. The minimum atomic E-state index is -0.322. The zero-order valence-electron chi connectivity index (χ0n) is 15.3. The lowest BCUT2D eigenvalue weighted by Crippen LogP contribution is -2.30. The summed E-state index contributed by atoms with van der Waals surface area (Å²) in [6.45, 7) is 6.41. The smallest absolute Gasteiger partial charge is 0.229 e. The van der Waals surface area contributed by atoms with Gasteiger partial charge in [0.25, 0.3) is 0 Å². The van der Waals surface area contributed by atoms with Crippen molar-refractivity contribution >= 4 is 33.4 Å². The maximum Gasteiger partial charge on any atom is 0.229 e. The summed E-state index contributed by atoms with van der Waals surface area (Å²) >= 11 is 3.50. The lowest BCUT2D eigenvalue weighted by atomic mass is 10.1. The average molecular weight is 415 g/mol. The van der Waals surface area contributed by atoms with Gasteiger partial charge in [0.05, 0.1) is 12.0 Å². The molecule has 3 rings (SSSR count). The minimum absolute atomic E-state index is 0.0295. The van der Waals surface area contributed by atoms with Crippen molar-refractivity contribution < 1.29 is 9.59 Å². The zero-order chi connectivity index (χ0) is 18.8. The molecule has 1 aliphatic heterocycles. The van der Waals surface area contributed by atoms with Gasteiger partial charge in [0.2, 0.25) is 11.8 Å². The molecule has 0 aliphatic carbocycles. The van der Waals surface area contributed by atoms with Crippen LogP contribution >= 0.6 is 15.9 Å². The van der Waals surface area contributed by atoms with Gasteiger partial charge in [0, 0.05) is 23.1 Å². The van der Waals surface area contributed by atoms with E-state index in [2.05, 4.69) is 21.2 Å². The van der Waals surface area contributed by atoms with E-state index in [1.807, 2.05) is 63.2 Å². The van der Waals surface area contributed by atoms with Crippen LogP contribution in [0.1, 0.15) is 36.1 Å². The third kappa shape index (κ3) is 3.83. The van der Waals surface area contributed by atoms with Crippen LogP contribution in [0.25, 0.3) is 0 Å². The second kappa shape index (κ2) is 7.62. The summed E-state index contributed by atoms with van der Waals surface area (Å²) in [7, 11) is 0. The van der Waals surface area contributed by atoms with Crippen molar-refractivity contribution in [1.82, 2.24) is 4.90 Å². The summed E-state index contributed by atoms with van der Waals surface area (Å²) in [5, 5.41) is 3.00. The van der Waals surface area contributed by atoms with E-state index in [-0.39, 0.29) is 30.2 Å². The molecule has 1 fully saturated rings. The Morgan fingerprint density at radius 3 is 2.58 bits per heavy atom. The molecule has 1 saturated heterocycles. The summed E-state index contributed by atoms with van der Waals surface area (Å²) in [5.74, 6) is -0.381. The highest BCUT2D eigenvalue weighted by Gasteiger charge is 2.37. The third-order valence-electron chi connectivity index (χ3n) is 5.04. The predicted octanol–water partition coefficient (Wildman–Crippen LogP) is 4.61. The van der Waals surface area contributed by atoms with E-state index in [0.29, 0.717) is 6.54 Å². The van der Waals surface area contributed by atoms with E-state index in [1.165, 1.54) is 0 Å². The van der Waals surface area contributed by atoms with Gasteiger partial charge < -0.3 is 10.2 Å². The van der Waals surface area contributed by atoms with Crippen molar-refractivity contribution in [3.05, 3.63) is 63.6 Å². The standard InChI is InChI=1S/C21H23BrN2O2/c1-13-10-19(14(2)9-18(13)22)23-21(26)17-11-20(25)24(12-17)15(3)16-7-5-4-6-8-16/h4-10,15,17H,11-12H2,1-3H3,(H,23,26)/t15-,17+/m0/s1. The van der Waals surface area contributed by atoms with Crippen LogP contribution in [-0.2, 0) is 9.59 Å². The summed E-state index contributed by atoms with van der Waals surface area (Å²) in [6, 6.07) is 13.8. The topological polar surface area (TPSA) is 49.4 Å². The molecule has 0 radical (unpaired) electrons. The molecule has 0 saturated carbocycles. The molecule has 1 N–H and O–H groups in total. The van der Waals surface area contributed by atoms with E-state index < -0.39 is 0 Å². The number of likely N-dealkylation sites (tertiary alicyclic amines) is 1. The Bertz CT molecular complexity index is 835. The number of nitrogens with one attached hydrogen (secondary N) is 1. The molecule has 1 heterocycles. The van der Waals surface area contributed by atoms with E-state index in [9.17, 15) is 9.59 Å². The molecule has 4 nitrogen and oxygen atoms in total. The maximum absolute atomic E-state index is 12.7. The molecule has 26 heavy (non-hydrogen) atoms. The van der Waals surface area contributed by atoms with Crippen molar-refractivity contribution in [3.63, 3.8) is 0 Å². The van der Waals surface area contributed by atoms with Crippen molar-refractivity contribution in [2.24, 2.45) is 5.92 Å². The number of nitrogens with zero attached hydrogens (tertiary/aromatic N) is 1. The van der Waals surface area contributed by atoms with Crippen LogP contribution in [-0.4, -0.2) is 23.3 Å². The molecular weight excluding hydrogens is 392 g/mol. The Morgan fingerprint density at radius 2 is 1.88 bits per heavy atom. The van der Waals surface area contributed by atoms with Gasteiger partial charge in [0.15, 0.2) is 0 Å². The van der Waals surface area contributed by atoms with E-state index in [0.717, 1.165) is 26.9 Å². The van der Waals surface area contributed by atoms with Crippen LogP contribution in [0, 0.1) is 19.8 Å². The first kappa shape index (κ1) is 18.6. The normalized spacial score (nSPS) is 18.1. The van der Waals surface area contributed by atoms with Gasteiger partial charge in [-0.25, -0.2) is 0 Å². The fourth-order valence-electron chi connectivity index (χ4n) is 3.34. The highest BCUT2D eigenvalue weighted by Crippen LogP contribution is 2.30. The Kier molecular flexibility index (Phi) is 5.47. The molecule has 5 heteroatoms. The number of benzene rings is 2. The molecule has 2 amide bonds. The SMILES string of the molecule is Cc1cc(NC(=O)[C@@H]2CC(=O)N([C@@H](C)c3ccccc3)C2)c(C)cc1Br. The second-order valence-electron chi connectivity index (χ2n) is 6.94. The molecule has 1 aliphatic rings. The molecular formula is C21H23BrN2O2.